The first-order valence-corrected chi connectivity index (χ1v) is 8.00. The summed E-state index contributed by atoms with van der Waals surface area (Å²) in [5.74, 6) is 0.00944. The minimum absolute atomic E-state index is 0.0638. The van der Waals surface area contributed by atoms with Gasteiger partial charge in [0.2, 0.25) is 10.0 Å². The highest BCUT2D eigenvalue weighted by Gasteiger charge is 2.16. The molecule has 1 amide bonds. The van der Waals surface area contributed by atoms with Crippen molar-refractivity contribution in [2.75, 3.05) is 19.8 Å². The molecule has 1 aliphatic heterocycles. The molecule has 1 aliphatic rings. The van der Waals surface area contributed by atoms with E-state index in [0.29, 0.717) is 19.1 Å². The molecule has 0 aromatic heterocycles. The second-order valence-electron chi connectivity index (χ2n) is 4.87. The Morgan fingerprint density at radius 3 is 2.90 bits per heavy atom. The first kappa shape index (κ1) is 15.0. The molecule has 20 heavy (non-hydrogen) atoms. The summed E-state index contributed by atoms with van der Waals surface area (Å²) in [7, 11) is -3.79. The molecule has 7 heteroatoms. The molecule has 1 atom stereocenters. The van der Waals surface area contributed by atoms with Crippen LogP contribution in [0.5, 0.6) is 0 Å². The van der Waals surface area contributed by atoms with Gasteiger partial charge in [-0.25, -0.2) is 13.6 Å². The van der Waals surface area contributed by atoms with Gasteiger partial charge in [-0.3, -0.25) is 4.79 Å². The first-order chi connectivity index (χ1) is 9.47. The number of nitrogens with two attached hydrogens (primary N) is 1. The molecule has 1 fully saturated rings. The number of carbonyl (C=O) groups is 1. The van der Waals surface area contributed by atoms with Gasteiger partial charge in [-0.05, 0) is 37.0 Å². The number of hydrogen-bond acceptors (Lipinski definition) is 4. The average molecular weight is 298 g/mol. The molecule has 1 unspecified atom stereocenters. The number of benzene rings is 1. The Morgan fingerprint density at radius 1 is 1.45 bits per heavy atom. The van der Waals surface area contributed by atoms with Gasteiger partial charge in [0.25, 0.3) is 5.91 Å². The summed E-state index contributed by atoms with van der Waals surface area (Å²) in [6.07, 6.45) is 2.03. The molecule has 1 saturated heterocycles. The molecule has 1 heterocycles. The molecule has 6 nitrogen and oxygen atoms in total. The third-order valence-electron chi connectivity index (χ3n) is 3.23. The Kier molecular flexibility index (Phi) is 4.74. The lowest BCUT2D eigenvalue weighted by molar-refractivity contribution is 0.0536. The van der Waals surface area contributed by atoms with Crippen LogP contribution in [0.25, 0.3) is 0 Å². The Balaban J connectivity index is 1.98. The van der Waals surface area contributed by atoms with E-state index in [4.69, 9.17) is 9.88 Å². The van der Waals surface area contributed by atoms with Crippen LogP contribution in [0.1, 0.15) is 23.2 Å². The Bertz CT molecular complexity index is 580. The molecule has 0 aliphatic carbocycles. The van der Waals surface area contributed by atoms with Gasteiger partial charge in [0.15, 0.2) is 0 Å². The predicted octanol–water partition coefficient (Wildman–Crippen LogP) is 0.490. The second kappa shape index (κ2) is 6.34. The highest BCUT2D eigenvalue weighted by Crippen LogP contribution is 2.13. The number of ether oxygens (including phenoxy) is 1. The molecule has 0 saturated carbocycles. The summed E-state index contributed by atoms with van der Waals surface area (Å²) in [5, 5.41) is 7.83. The minimum Gasteiger partial charge on any atom is -0.381 e. The van der Waals surface area contributed by atoms with Crippen molar-refractivity contribution < 1.29 is 17.9 Å². The molecule has 3 N–H and O–H groups in total. The van der Waals surface area contributed by atoms with Crippen molar-refractivity contribution in [3.8, 4) is 0 Å². The van der Waals surface area contributed by atoms with Gasteiger partial charge in [-0.2, -0.15) is 0 Å². The van der Waals surface area contributed by atoms with Crippen LogP contribution in [0.4, 0.5) is 0 Å². The quantitative estimate of drug-likeness (QED) is 0.845. The zero-order valence-electron chi connectivity index (χ0n) is 11.0. The summed E-state index contributed by atoms with van der Waals surface area (Å²) in [6.45, 7) is 1.96. The second-order valence-corrected chi connectivity index (χ2v) is 6.43. The van der Waals surface area contributed by atoms with E-state index in [-0.39, 0.29) is 16.4 Å². The SMILES string of the molecule is NS(=O)(=O)c1cccc(C(=O)NCC2CCCOC2)c1. The summed E-state index contributed by atoms with van der Waals surface area (Å²) >= 11 is 0. The molecule has 1 aromatic carbocycles. The molecular formula is C13H18N2O4S. The molecule has 0 bridgehead atoms. The van der Waals surface area contributed by atoms with Crippen LogP contribution < -0.4 is 10.5 Å². The number of rotatable bonds is 4. The topological polar surface area (TPSA) is 98.5 Å². The van der Waals surface area contributed by atoms with E-state index in [1.54, 1.807) is 6.07 Å². The van der Waals surface area contributed by atoms with E-state index in [1.165, 1.54) is 18.2 Å². The Labute approximate surface area is 118 Å². The maximum absolute atomic E-state index is 12.0. The highest BCUT2D eigenvalue weighted by molar-refractivity contribution is 7.89. The van der Waals surface area contributed by atoms with Crippen molar-refractivity contribution in [2.24, 2.45) is 11.1 Å². The van der Waals surface area contributed by atoms with Crippen molar-refractivity contribution >= 4 is 15.9 Å². The lowest BCUT2D eigenvalue weighted by atomic mass is 10.0. The van der Waals surface area contributed by atoms with Gasteiger partial charge >= 0.3 is 0 Å². The predicted molar refractivity (Wildman–Crippen MR) is 73.7 cm³/mol. The number of carbonyl (C=O) groups excluding carboxylic acids is 1. The number of amides is 1. The van der Waals surface area contributed by atoms with Crippen LogP contribution in [-0.4, -0.2) is 34.1 Å². The maximum Gasteiger partial charge on any atom is 0.251 e. The van der Waals surface area contributed by atoms with Crippen LogP contribution in [0.3, 0.4) is 0 Å². The molecular weight excluding hydrogens is 280 g/mol. The van der Waals surface area contributed by atoms with E-state index < -0.39 is 10.0 Å². The van der Waals surface area contributed by atoms with Crippen LogP contribution in [0, 0.1) is 5.92 Å². The lowest BCUT2D eigenvalue weighted by Crippen LogP contribution is -2.33. The van der Waals surface area contributed by atoms with Crippen LogP contribution in [-0.2, 0) is 14.8 Å². The highest BCUT2D eigenvalue weighted by atomic mass is 32.2. The summed E-state index contributed by atoms with van der Waals surface area (Å²) < 4.78 is 27.8. The van der Waals surface area contributed by atoms with Crippen molar-refractivity contribution in [1.82, 2.24) is 5.32 Å². The number of hydrogen-bond donors (Lipinski definition) is 2. The van der Waals surface area contributed by atoms with Gasteiger partial charge in [0, 0.05) is 18.7 Å². The molecule has 110 valence electrons. The van der Waals surface area contributed by atoms with Gasteiger partial charge in [0.05, 0.1) is 11.5 Å². The molecule has 0 radical (unpaired) electrons. The van der Waals surface area contributed by atoms with Gasteiger partial charge in [0.1, 0.15) is 0 Å². The first-order valence-electron chi connectivity index (χ1n) is 6.45. The standard InChI is InChI=1S/C13H18N2O4S/c14-20(17,18)12-5-1-4-11(7-12)13(16)15-8-10-3-2-6-19-9-10/h1,4-5,7,10H,2-3,6,8-9H2,(H,15,16)(H2,14,17,18). The number of nitrogens with one attached hydrogen (secondary N) is 1. The van der Waals surface area contributed by atoms with Crippen molar-refractivity contribution in [1.29, 1.82) is 0 Å². The van der Waals surface area contributed by atoms with E-state index in [0.717, 1.165) is 19.4 Å². The minimum atomic E-state index is -3.79. The third kappa shape index (κ3) is 4.03. The number of sulfonamides is 1. The van der Waals surface area contributed by atoms with Crippen molar-refractivity contribution in [3.63, 3.8) is 0 Å². The van der Waals surface area contributed by atoms with E-state index in [9.17, 15) is 13.2 Å². The zero-order chi connectivity index (χ0) is 14.6. The van der Waals surface area contributed by atoms with Crippen molar-refractivity contribution in [2.45, 2.75) is 17.7 Å². The summed E-state index contributed by atoms with van der Waals surface area (Å²) in [4.78, 5) is 11.9. The summed E-state index contributed by atoms with van der Waals surface area (Å²) in [6, 6.07) is 5.70. The Hall–Kier alpha value is -1.44. The van der Waals surface area contributed by atoms with E-state index >= 15 is 0 Å². The largest absolute Gasteiger partial charge is 0.381 e. The van der Waals surface area contributed by atoms with Crippen LogP contribution >= 0.6 is 0 Å². The van der Waals surface area contributed by atoms with Crippen molar-refractivity contribution in [3.05, 3.63) is 29.8 Å². The number of primary sulfonamides is 1. The van der Waals surface area contributed by atoms with E-state index in [1.807, 2.05) is 0 Å². The molecule has 2 rings (SSSR count). The van der Waals surface area contributed by atoms with E-state index in [2.05, 4.69) is 5.32 Å². The smallest absolute Gasteiger partial charge is 0.251 e. The fourth-order valence-electron chi connectivity index (χ4n) is 2.12. The van der Waals surface area contributed by atoms with Crippen LogP contribution in [0.15, 0.2) is 29.2 Å². The lowest BCUT2D eigenvalue weighted by Gasteiger charge is -2.22. The van der Waals surface area contributed by atoms with Gasteiger partial charge in [-0.1, -0.05) is 6.07 Å². The van der Waals surface area contributed by atoms with Crippen LogP contribution in [0.2, 0.25) is 0 Å². The zero-order valence-corrected chi connectivity index (χ0v) is 11.9. The molecule has 1 aromatic rings. The fraction of sp³-hybridized carbons (Fsp3) is 0.462. The summed E-state index contributed by atoms with van der Waals surface area (Å²) in [5.41, 5.74) is 0.285. The average Bonchev–Trinajstić information content (AvgIpc) is 2.45. The Morgan fingerprint density at radius 2 is 2.25 bits per heavy atom. The monoisotopic (exact) mass is 298 g/mol. The third-order valence-corrected chi connectivity index (χ3v) is 4.14. The fourth-order valence-corrected chi connectivity index (χ4v) is 2.68. The maximum atomic E-state index is 12.0. The van der Waals surface area contributed by atoms with Gasteiger partial charge < -0.3 is 10.1 Å². The normalized spacial score (nSPS) is 19.6. The molecule has 0 spiro atoms. The van der Waals surface area contributed by atoms with Gasteiger partial charge in [-0.15, -0.1) is 0 Å².